The van der Waals surface area contributed by atoms with E-state index in [1.807, 2.05) is 36.4 Å². The van der Waals surface area contributed by atoms with Gasteiger partial charge in [0.05, 0.1) is 18.1 Å². The maximum Gasteiger partial charge on any atom is 0.286 e. The third kappa shape index (κ3) is 5.37. The van der Waals surface area contributed by atoms with Crippen molar-refractivity contribution in [1.29, 1.82) is 0 Å². The molecular formula is C21H22N2O3S. The van der Waals surface area contributed by atoms with Crippen LogP contribution in [0.1, 0.15) is 23.1 Å². The zero-order valence-corrected chi connectivity index (χ0v) is 16.2. The summed E-state index contributed by atoms with van der Waals surface area (Å²) < 4.78 is 11.5. The van der Waals surface area contributed by atoms with Gasteiger partial charge in [-0.25, -0.2) is 0 Å². The molecule has 1 aliphatic heterocycles. The number of nitrogens with zero attached hydrogens (tertiary/aromatic N) is 1. The van der Waals surface area contributed by atoms with Crippen molar-refractivity contribution < 1.29 is 14.3 Å². The molecule has 2 aromatic rings. The Labute approximate surface area is 163 Å². The summed E-state index contributed by atoms with van der Waals surface area (Å²) in [5.74, 6) is 1.33. The number of hydrogen-bond donors (Lipinski definition) is 1. The largest absolute Gasteiger partial charge is 0.493 e. The zero-order valence-electron chi connectivity index (χ0n) is 15.4. The average molecular weight is 382 g/mol. The monoisotopic (exact) mass is 382 g/mol. The van der Waals surface area contributed by atoms with Crippen LogP contribution in [0.4, 0.5) is 0 Å². The van der Waals surface area contributed by atoms with Gasteiger partial charge in [-0.3, -0.25) is 4.79 Å². The number of benzene rings is 2. The molecule has 3 rings (SSSR count). The lowest BCUT2D eigenvalue weighted by Gasteiger charge is -2.10. The molecule has 0 aliphatic carbocycles. The van der Waals surface area contributed by atoms with E-state index < -0.39 is 0 Å². The summed E-state index contributed by atoms with van der Waals surface area (Å²) in [4.78, 5) is 15.9. The molecule has 6 heteroatoms. The van der Waals surface area contributed by atoms with Crippen molar-refractivity contribution >= 4 is 28.9 Å². The van der Waals surface area contributed by atoms with Crippen LogP contribution >= 0.6 is 11.8 Å². The number of carbonyl (C=O) groups is 1. The maximum atomic E-state index is 11.7. The van der Waals surface area contributed by atoms with Gasteiger partial charge in [0.1, 0.15) is 11.5 Å². The molecule has 140 valence electrons. The van der Waals surface area contributed by atoms with E-state index in [9.17, 15) is 4.79 Å². The van der Waals surface area contributed by atoms with E-state index in [0.717, 1.165) is 23.5 Å². The summed E-state index contributed by atoms with van der Waals surface area (Å²) in [6.45, 7) is 5.30. The number of aryl methyl sites for hydroxylation is 2. The highest BCUT2D eigenvalue weighted by atomic mass is 32.2. The van der Waals surface area contributed by atoms with Crippen molar-refractivity contribution in [1.82, 2.24) is 0 Å². The normalized spacial score (nSPS) is 15.1. The summed E-state index contributed by atoms with van der Waals surface area (Å²) in [5.41, 5.74) is 8.92. The smallest absolute Gasteiger partial charge is 0.286 e. The number of amides is 1. The second-order valence-corrected chi connectivity index (χ2v) is 7.30. The number of rotatable bonds is 7. The molecule has 0 radical (unpaired) electrons. The molecule has 0 unspecified atom stereocenters. The van der Waals surface area contributed by atoms with Gasteiger partial charge in [-0.2, -0.15) is 4.99 Å². The summed E-state index contributed by atoms with van der Waals surface area (Å²) in [5, 5.41) is 0.280. The fourth-order valence-corrected chi connectivity index (χ4v) is 3.20. The first-order valence-electron chi connectivity index (χ1n) is 8.72. The predicted molar refractivity (Wildman–Crippen MR) is 110 cm³/mol. The Hall–Kier alpha value is -2.73. The minimum absolute atomic E-state index is 0.280. The number of amidine groups is 1. The second kappa shape index (κ2) is 8.77. The van der Waals surface area contributed by atoms with Gasteiger partial charge in [-0.1, -0.05) is 18.2 Å². The van der Waals surface area contributed by atoms with Crippen LogP contribution < -0.4 is 15.2 Å². The van der Waals surface area contributed by atoms with Crippen molar-refractivity contribution in [3.05, 3.63) is 64.1 Å². The predicted octanol–water partition coefficient (Wildman–Crippen LogP) is 4.08. The zero-order chi connectivity index (χ0) is 19.2. The van der Waals surface area contributed by atoms with E-state index in [2.05, 4.69) is 24.9 Å². The Kier molecular flexibility index (Phi) is 6.19. The van der Waals surface area contributed by atoms with Gasteiger partial charge in [0, 0.05) is 6.42 Å². The molecule has 2 N–H and O–H groups in total. The molecule has 27 heavy (non-hydrogen) atoms. The molecule has 1 aliphatic rings. The standard InChI is InChI=1S/C21H22N2O3S/c1-14-7-8-18(11-15(14)2)26-10-4-9-25-17-6-3-5-16(12-17)13-19-20(24)23-21(22)27-19/h3,5-8,11-13H,4,9-10H2,1-2H3,(H2,22,23,24)/b19-13-. The van der Waals surface area contributed by atoms with Crippen LogP contribution in [0.2, 0.25) is 0 Å². The molecular weight excluding hydrogens is 360 g/mol. The van der Waals surface area contributed by atoms with E-state index in [1.165, 1.54) is 22.9 Å². The first-order chi connectivity index (χ1) is 13.0. The quantitative estimate of drug-likeness (QED) is 0.577. The molecule has 0 aromatic heterocycles. The van der Waals surface area contributed by atoms with Gasteiger partial charge in [-0.15, -0.1) is 0 Å². The van der Waals surface area contributed by atoms with Gasteiger partial charge in [0.25, 0.3) is 5.91 Å². The van der Waals surface area contributed by atoms with E-state index in [4.69, 9.17) is 15.2 Å². The van der Waals surface area contributed by atoms with Crippen LogP contribution in [0.15, 0.2) is 52.4 Å². The van der Waals surface area contributed by atoms with Crippen LogP contribution in [0.3, 0.4) is 0 Å². The molecule has 0 bridgehead atoms. The number of nitrogens with two attached hydrogens (primary N) is 1. The first-order valence-corrected chi connectivity index (χ1v) is 9.54. The summed E-state index contributed by atoms with van der Waals surface area (Å²) in [6.07, 6.45) is 2.54. The van der Waals surface area contributed by atoms with E-state index in [1.54, 1.807) is 6.08 Å². The number of thioether (sulfide) groups is 1. The fourth-order valence-electron chi connectivity index (χ4n) is 2.51. The van der Waals surface area contributed by atoms with Crippen molar-refractivity contribution in [2.75, 3.05) is 13.2 Å². The van der Waals surface area contributed by atoms with Gasteiger partial charge in [-0.05, 0) is 72.6 Å². The molecule has 0 saturated heterocycles. The van der Waals surface area contributed by atoms with Crippen molar-refractivity contribution in [3.63, 3.8) is 0 Å². The molecule has 1 amide bonds. The van der Waals surface area contributed by atoms with Crippen LogP contribution in [0.5, 0.6) is 11.5 Å². The molecule has 0 saturated carbocycles. The van der Waals surface area contributed by atoms with Crippen LogP contribution in [0.25, 0.3) is 6.08 Å². The maximum absolute atomic E-state index is 11.7. The van der Waals surface area contributed by atoms with Crippen molar-refractivity contribution in [3.8, 4) is 11.5 Å². The van der Waals surface area contributed by atoms with E-state index in [0.29, 0.717) is 18.1 Å². The Morgan fingerprint density at radius 3 is 2.44 bits per heavy atom. The van der Waals surface area contributed by atoms with Crippen LogP contribution in [0, 0.1) is 13.8 Å². The lowest BCUT2D eigenvalue weighted by molar-refractivity contribution is -0.113. The lowest BCUT2D eigenvalue weighted by atomic mass is 10.1. The van der Waals surface area contributed by atoms with Crippen molar-refractivity contribution in [2.24, 2.45) is 10.7 Å². The molecule has 0 atom stereocenters. The lowest BCUT2D eigenvalue weighted by Crippen LogP contribution is -2.05. The van der Waals surface area contributed by atoms with Crippen molar-refractivity contribution in [2.45, 2.75) is 20.3 Å². The molecule has 5 nitrogen and oxygen atoms in total. The third-order valence-electron chi connectivity index (χ3n) is 4.10. The van der Waals surface area contributed by atoms with Crippen LogP contribution in [-0.4, -0.2) is 24.3 Å². The third-order valence-corrected chi connectivity index (χ3v) is 4.91. The molecule has 1 heterocycles. The summed E-state index contributed by atoms with van der Waals surface area (Å²) in [6, 6.07) is 13.7. The van der Waals surface area contributed by atoms with E-state index >= 15 is 0 Å². The fraction of sp³-hybridized carbons (Fsp3) is 0.238. The number of hydrogen-bond acceptors (Lipinski definition) is 5. The Morgan fingerprint density at radius 2 is 1.78 bits per heavy atom. The Bertz CT molecular complexity index is 906. The highest BCUT2D eigenvalue weighted by Gasteiger charge is 2.19. The topological polar surface area (TPSA) is 73.9 Å². The van der Waals surface area contributed by atoms with E-state index in [-0.39, 0.29) is 11.1 Å². The van der Waals surface area contributed by atoms with Crippen LogP contribution in [-0.2, 0) is 4.79 Å². The van der Waals surface area contributed by atoms with Gasteiger partial charge >= 0.3 is 0 Å². The minimum atomic E-state index is -0.299. The summed E-state index contributed by atoms with van der Waals surface area (Å²) >= 11 is 1.18. The molecule has 2 aromatic carbocycles. The van der Waals surface area contributed by atoms with Gasteiger partial charge in [0.2, 0.25) is 0 Å². The molecule has 0 fully saturated rings. The van der Waals surface area contributed by atoms with Gasteiger partial charge < -0.3 is 15.2 Å². The molecule has 0 spiro atoms. The number of ether oxygens (including phenoxy) is 2. The number of aliphatic imine (C=N–C) groups is 1. The average Bonchev–Trinajstić information content (AvgIpc) is 2.95. The minimum Gasteiger partial charge on any atom is -0.493 e. The first kappa shape index (κ1) is 19.0. The Morgan fingerprint density at radius 1 is 1.04 bits per heavy atom. The van der Waals surface area contributed by atoms with Gasteiger partial charge in [0.15, 0.2) is 5.17 Å². The Balaban J connectivity index is 1.47. The SMILES string of the molecule is Cc1ccc(OCCCOc2cccc(/C=C3\SC(N)=NC3=O)c2)cc1C. The highest BCUT2D eigenvalue weighted by Crippen LogP contribution is 2.27. The highest BCUT2D eigenvalue weighted by molar-refractivity contribution is 8.18. The second-order valence-electron chi connectivity index (χ2n) is 6.23. The number of carbonyl (C=O) groups excluding carboxylic acids is 1. The summed E-state index contributed by atoms with van der Waals surface area (Å²) in [7, 11) is 0.